The van der Waals surface area contributed by atoms with Crippen LogP contribution in [0.15, 0.2) is 53.2 Å². The average molecular weight is 369 g/mol. The van der Waals surface area contributed by atoms with Crippen LogP contribution in [0.25, 0.3) is 22.6 Å². The maximum Gasteiger partial charge on any atom is 0.202 e. The number of imidazole rings is 1. The number of nitrogen functional groups attached to an aromatic ring is 1. The molecule has 2 aromatic carbocycles. The van der Waals surface area contributed by atoms with Gasteiger partial charge in [0.05, 0.1) is 23.5 Å². The second-order valence-corrected chi connectivity index (χ2v) is 5.91. The van der Waals surface area contributed by atoms with Gasteiger partial charge in [-0.2, -0.15) is 5.26 Å². The first kappa shape index (κ1) is 17.1. The summed E-state index contributed by atoms with van der Waals surface area (Å²) >= 11 is 0. The van der Waals surface area contributed by atoms with Gasteiger partial charge in [-0.3, -0.25) is 0 Å². The van der Waals surface area contributed by atoms with E-state index in [-0.39, 0.29) is 0 Å². The summed E-state index contributed by atoms with van der Waals surface area (Å²) in [7, 11) is 0. The SMILES string of the molecule is N#CCCNc1nonc1-c1nc2ccccc2n1C#Cc1ccc(N)cc1. The molecule has 0 bridgehead atoms. The topological polar surface area (TPSA) is 119 Å². The Hall–Kier alpha value is -4.30. The number of fused-ring (bicyclic) bond motifs is 1. The van der Waals surface area contributed by atoms with E-state index in [9.17, 15) is 0 Å². The molecule has 28 heavy (non-hydrogen) atoms. The van der Waals surface area contributed by atoms with Gasteiger partial charge in [-0.1, -0.05) is 12.1 Å². The number of para-hydroxylation sites is 2. The fraction of sp³-hybridized carbons (Fsp3) is 0.100. The van der Waals surface area contributed by atoms with Crippen LogP contribution >= 0.6 is 0 Å². The standard InChI is InChI=1S/C20H15N7O/c21-11-3-12-23-19-18(25-28-26-19)20-24-16-4-1-2-5-17(16)27(20)13-10-14-6-8-15(22)9-7-14/h1-2,4-9H,3,12,22H2,(H,23,26). The van der Waals surface area contributed by atoms with Gasteiger partial charge in [0.1, 0.15) is 0 Å². The summed E-state index contributed by atoms with van der Waals surface area (Å²) < 4.78 is 6.65. The van der Waals surface area contributed by atoms with Crippen LogP contribution in [0.4, 0.5) is 11.5 Å². The summed E-state index contributed by atoms with van der Waals surface area (Å²) in [4.78, 5) is 4.64. The Balaban J connectivity index is 1.80. The largest absolute Gasteiger partial charge is 0.399 e. The Morgan fingerprint density at radius 3 is 2.75 bits per heavy atom. The second kappa shape index (κ2) is 7.52. The van der Waals surface area contributed by atoms with E-state index < -0.39 is 0 Å². The molecule has 136 valence electrons. The van der Waals surface area contributed by atoms with Crippen LogP contribution in [-0.2, 0) is 0 Å². The Labute approximate surface area is 160 Å². The minimum atomic E-state index is 0.333. The zero-order valence-corrected chi connectivity index (χ0v) is 14.8. The molecule has 0 aliphatic heterocycles. The van der Waals surface area contributed by atoms with E-state index in [0.717, 1.165) is 16.6 Å². The quantitative estimate of drug-likeness (QED) is 0.322. The van der Waals surface area contributed by atoms with Crippen LogP contribution in [0, 0.1) is 23.3 Å². The molecule has 2 aromatic heterocycles. The van der Waals surface area contributed by atoms with Gasteiger partial charge >= 0.3 is 0 Å². The van der Waals surface area contributed by atoms with Gasteiger partial charge in [0.15, 0.2) is 11.5 Å². The third-order valence-corrected chi connectivity index (χ3v) is 4.01. The minimum Gasteiger partial charge on any atom is -0.399 e. The van der Waals surface area contributed by atoms with E-state index >= 15 is 0 Å². The molecule has 0 aliphatic rings. The summed E-state index contributed by atoms with van der Waals surface area (Å²) in [6.07, 6.45) is 0.333. The molecule has 8 heteroatoms. The number of nitriles is 1. The highest BCUT2D eigenvalue weighted by Crippen LogP contribution is 2.27. The lowest BCUT2D eigenvalue weighted by atomic mass is 10.2. The molecule has 4 aromatic rings. The van der Waals surface area contributed by atoms with Crippen molar-refractivity contribution in [2.45, 2.75) is 6.42 Å². The molecule has 2 heterocycles. The molecule has 0 spiro atoms. The number of nitrogens with two attached hydrogens (primary N) is 1. The molecule has 0 radical (unpaired) electrons. The van der Waals surface area contributed by atoms with Crippen LogP contribution in [0.5, 0.6) is 0 Å². The van der Waals surface area contributed by atoms with Gasteiger partial charge in [0.2, 0.25) is 5.82 Å². The van der Waals surface area contributed by atoms with Crippen LogP contribution in [0.2, 0.25) is 0 Å². The van der Waals surface area contributed by atoms with E-state index in [1.165, 1.54) is 0 Å². The Morgan fingerprint density at radius 1 is 1.11 bits per heavy atom. The maximum absolute atomic E-state index is 8.72. The molecule has 0 saturated heterocycles. The monoisotopic (exact) mass is 369 g/mol. The minimum absolute atomic E-state index is 0.333. The number of aromatic nitrogens is 4. The molecule has 4 rings (SSSR count). The molecule has 0 fully saturated rings. The highest BCUT2D eigenvalue weighted by Gasteiger charge is 2.19. The van der Waals surface area contributed by atoms with Gasteiger partial charge in [-0.05, 0) is 52.6 Å². The lowest BCUT2D eigenvalue weighted by Crippen LogP contribution is -2.03. The summed E-state index contributed by atoms with van der Waals surface area (Å²) in [5, 5.41) is 19.6. The number of rotatable bonds is 4. The molecule has 8 nitrogen and oxygen atoms in total. The van der Waals surface area contributed by atoms with Gasteiger partial charge in [0, 0.05) is 23.8 Å². The van der Waals surface area contributed by atoms with E-state index in [2.05, 4.69) is 38.6 Å². The first-order valence-corrected chi connectivity index (χ1v) is 8.55. The fourth-order valence-electron chi connectivity index (χ4n) is 2.67. The third kappa shape index (κ3) is 3.35. The number of nitrogens with one attached hydrogen (secondary N) is 1. The van der Waals surface area contributed by atoms with Crippen molar-refractivity contribution < 1.29 is 4.63 Å². The smallest absolute Gasteiger partial charge is 0.202 e. The van der Waals surface area contributed by atoms with Crippen LogP contribution in [0.1, 0.15) is 12.0 Å². The van der Waals surface area contributed by atoms with E-state index in [4.69, 9.17) is 15.6 Å². The van der Waals surface area contributed by atoms with E-state index in [0.29, 0.717) is 36.0 Å². The van der Waals surface area contributed by atoms with Crippen molar-refractivity contribution in [2.75, 3.05) is 17.6 Å². The number of anilines is 2. The van der Waals surface area contributed by atoms with Gasteiger partial charge in [-0.25, -0.2) is 14.2 Å². The summed E-state index contributed by atoms with van der Waals surface area (Å²) in [6.45, 7) is 0.426. The number of hydrogen-bond donors (Lipinski definition) is 2. The highest BCUT2D eigenvalue weighted by atomic mass is 16.6. The third-order valence-electron chi connectivity index (χ3n) is 4.01. The predicted molar refractivity (Wildman–Crippen MR) is 105 cm³/mol. The predicted octanol–water partition coefficient (Wildman–Crippen LogP) is 2.85. The first-order valence-electron chi connectivity index (χ1n) is 8.55. The average Bonchev–Trinajstić information content (AvgIpc) is 3.32. The Bertz CT molecular complexity index is 1220. The van der Waals surface area contributed by atoms with Crippen molar-refractivity contribution in [3.8, 4) is 29.6 Å². The van der Waals surface area contributed by atoms with Crippen LogP contribution < -0.4 is 11.1 Å². The normalized spacial score (nSPS) is 10.2. The number of nitrogens with zero attached hydrogens (tertiary/aromatic N) is 5. The Morgan fingerprint density at radius 2 is 1.93 bits per heavy atom. The van der Waals surface area contributed by atoms with Crippen molar-refractivity contribution in [3.05, 3.63) is 54.1 Å². The lowest BCUT2D eigenvalue weighted by molar-refractivity contribution is 0.310. The van der Waals surface area contributed by atoms with Crippen molar-refractivity contribution >= 4 is 22.5 Å². The second-order valence-electron chi connectivity index (χ2n) is 5.91. The molecule has 0 unspecified atom stereocenters. The van der Waals surface area contributed by atoms with Gasteiger partial charge in [-0.15, -0.1) is 0 Å². The zero-order chi connectivity index (χ0) is 19.3. The summed E-state index contributed by atoms with van der Waals surface area (Å²) in [6, 6.07) is 20.2. The van der Waals surface area contributed by atoms with Gasteiger partial charge < -0.3 is 11.1 Å². The Kier molecular flexibility index (Phi) is 4.60. The molecule has 0 aliphatic carbocycles. The summed E-state index contributed by atoms with van der Waals surface area (Å²) in [5.74, 6) is 4.04. The van der Waals surface area contributed by atoms with Crippen LogP contribution in [0.3, 0.4) is 0 Å². The molecule has 3 N–H and O–H groups in total. The lowest BCUT2D eigenvalue weighted by Gasteiger charge is -2.01. The van der Waals surface area contributed by atoms with Crippen molar-refractivity contribution in [3.63, 3.8) is 0 Å². The fourth-order valence-corrected chi connectivity index (χ4v) is 2.67. The molecular formula is C20H15N7O. The molecule has 0 amide bonds. The molecule has 0 atom stereocenters. The first-order chi connectivity index (χ1) is 13.8. The van der Waals surface area contributed by atoms with Gasteiger partial charge in [0.25, 0.3) is 0 Å². The highest BCUT2D eigenvalue weighted by molar-refractivity contribution is 5.83. The molecular weight excluding hydrogens is 354 g/mol. The van der Waals surface area contributed by atoms with E-state index in [1.807, 2.05) is 36.4 Å². The van der Waals surface area contributed by atoms with Crippen molar-refractivity contribution in [1.29, 1.82) is 5.26 Å². The number of benzene rings is 2. The molecule has 0 saturated carbocycles. The van der Waals surface area contributed by atoms with Crippen molar-refractivity contribution in [1.82, 2.24) is 19.9 Å². The summed E-state index contributed by atoms with van der Waals surface area (Å²) in [5.41, 5.74) is 9.28. The number of hydrogen-bond acceptors (Lipinski definition) is 7. The maximum atomic E-state index is 8.72. The van der Waals surface area contributed by atoms with Crippen LogP contribution in [-0.4, -0.2) is 26.4 Å². The zero-order valence-electron chi connectivity index (χ0n) is 14.8. The van der Waals surface area contributed by atoms with E-state index in [1.54, 1.807) is 16.7 Å². The van der Waals surface area contributed by atoms with Crippen molar-refractivity contribution in [2.24, 2.45) is 0 Å².